The summed E-state index contributed by atoms with van der Waals surface area (Å²) in [4.78, 5) is 32.5. The Morgan fingerprint density at radius 1 is 1.44 bits per heavy atom. The number of aliphatic imine (C=N–C) groups is 1. The minimum absolute atomic E-state index is 0.0111. The second-order valence-corrected chi connectivity index (χ2v) is 6.72. The predicted octanol–water partition coefficient (Wildman–Crippen LogP) is 1.77. The molecule has 2 aliphatic heterocycles. The van der Waals surface area contributed by atoms with Crippen LogP contribution in [0.15, 0.2) is 11.1 Å². The lowest BCUT2D eigenvalue weighted by Gasteiger charge is -2.21. The summed E-state index contributed by atoms with van der Waals surface area (Å²) in [6.45, 7) is 6.20. The average Bonchev–Trinajstić information content (AvgIpc) is 3.16. The van der Waals surface area contributed by atoms with Gasteiger partial charge in [-0.2, -0.15) is 0 Å². The van der Waals surface area contributed by atoms with Crippen molar-refractivity contribution in [3.63, 3.8) is 0 Å². The number of ether oxygens (including phenoxy) is 2. The molecule has 1 aromatic rings. The molecule has 0 aromatic carbocycles. The number of hydrogen-bond donors (Lipinski definition) is 2. The monoisotopic (exact) mass is 367 g/mol. The molecule has 2 N–H and O–H groups in total. The van der Waals surface area contributed by atoms with E-state index in [-0.39, 0.29) is 34.1 Å². The first-order valence-corrected chi connectivity index (χ1v) is 8.20. The van der Waals surface area contributed by atoms with Gasteiger partial charge in [0.1, 0.15) is 16.4 Å². The second-order valence-electron chi connectivity index (χ2n) is 6.36. The lowest BCUT2D eigenvalue weighted by Crippen LogP contribution is -2.41. The van der Waals surface area contributed by atoms with Gasteiger partial charge < -0.3 is 19.9 Å². The lowest BCUT2D eigenvalue weighted by molar-refractivity contribution is -0.124. The third kappa shape index (κ3) is 3.01. The summed E-state index contributed by atoms with van der Waals surface area (Å²) in [6, 6.07) is 1.35. The molecule has 9 heteroatoms. The Labute approximate surface area is 149 Å². The van der Waals surface area contributed by atoms with Crippen molar-refractivity contribution in [2.45, 2.75) is 32.6 Å². The van der Waals surface area contributed by atoms with E-state index in [0.717, 1.165) is 0 Å². The van der Waals surface area contributed by atoms with Crippen molar-refractivity contribution >= 4 is 29.3 Å². The number of aromatic carboxylic acids is 1. The Hall–Kier alpha value is -2.03. The average molecular weight is 368 g/mol. The number of nitrogens with one attached hydrogen (secondary N) is 1. The maximum absolute atomic E-state index is 12.3. The summed E-state index contributed by atoms with van der Waals surface area (Å²) in [5.74, 6) is -1.50. The maximum Gasteiger partial charge on any atom is 0.338 e. The van der Waals surface area contributed by atoms with Crippen molar-refractivity contribution in [1.82, 2.24) is 10.3 Å². The van der Waals surface area contributed by atoms with Crippen LogP contribution < -0.4 is 5.32 Å². The number of pyridine rings is 1. The van der Waals surface area contributed by atoms with Crippen molar-refractivity contribution in [3.8, 4) is 0 Å². The Bertz CT molecular complexity index is 773. The molecule has 8 nitrogen and oxygen atoms in total. The first-order chi connectivity index (χ1) is 11.7. The summed E-state index contributed by atoms with van der Waals surface area (Å²) < 4.78 is 10.7. The molecule has 3 heterocycles. The van der Waals surface area contributed by atoms with E-state index >= 15 is 0 Å². The topological polar surface area (TPSA) is 110 Å². The van der Waals surface area contributed by atoms with Crippen LogP contribution in [0.1, 0.15) is 48.7 Å². The Balaban J connectivity index is 2.09. The molecule has 0 radical (unpaired) electrons. The number of carbonyl (C=O) groups excluding carboxylic acids is 1. The normalized spacial score (nSPS) is 23.9. The van der Waals surface area contributed by atoms with Crippen molar-refractivity contribution in [1.29, 1.82) is 0 Å². The highest BCUT2D eigenvalue weighted by Gasteiger charge is 2.43. The molecule has 3 rings (SSSR count). The van der Waals surface area contributed by atoms with Gasteiger partial charge >= 0.3 is 5.97 Å². The molecule has 1 fully saturated rings. The van der Waals surface area contributed by atoms with Gasteiger partial charge in [-0.25, -0.2) is 14.8 Å². The molecule has 1 amide bonds. The fourth-order valence-corrected chi connectivity index (χ4v) is 2.83. The minimum Gasteiger partial charge on any atom is -0.478 e. The van der Waals surface area contributed by atoms with E-state index in [1.165, 1.54) is 6.07 Å². The van der Waals surface area contributed by atoms with Crippen LogP contribution >= 0.6 is 11.6 Å². The number of aromatic nitrogens is 1. The van der Waals surface area contributed by atoms with E-state index < -0.39 is 17.8 Å². The standard InChI is InChI=1S/C16H18ClN3O5/c1-7(2)16(3)15(23)19-12(20-16)10-8(13(21)22)6-9(11(17)18-10)14-24-4-5-25-14/h6-7,14H,4-5H2,1-3H3,(H,21,22)(H,19,20,23). The number of carboxylic acids is 1. The lowest BCUT2D eigenvalue weighted by atomic mass is 9.89. The quantitative estimate of drug-likeness (QED) is 0.785. The molecule has 1 aromatic heterocycles. The van der Waals surface area contributed by atoms with Crippen LogP contribution in [0.3, 0.4) is 0 Å². The highest BCUT2D eigenvalue weighted by atomic mass is 35.5. The van der Waals surface area contributed by atoms with E-state index in [4.69, 9.17) is 21.1 Å². The van der Waals surface area contributed by atoms with Crippen molar-refractivity contribution < 1.29 is 24.2 Å². The van der Waals surface area contributed by atoms with E-state index in [1.54, 1.807) is 6.92 Å². The highest BCUT2D eigenvalue weighted by molar-refractivity contribution is 6.30. The molecule has 1 unspecified atom stereocenters. The summed E-state index contributed by atoms with van der Waals surface area (Å²) in [6.07, 6.45) is -0.756. The van der Waals surface area contributed by atoms with Crippen LogP contribution in [-0.2, 0) is 14.3 Å². The van der Waals surface area contributed by atoms with Gasteiger partial charge in [-0.05, 0) is 18.9 Å². The van der Waals surface area contributed by atoms with Gasteiger partial charge in [-0.1, -0.05) is 25.4 Å². The molecule has 0 bridgehead atoms. The zero-order valence-corrected chi connectivity index (χ0v) is 14.8. The van der Waals surface area contributed by atoms with Crippen LogP contribution in [0.2, 0.25) is 5.15 Å². The summed E-state index contributed by atoms with van der Waals surface area (Å²) >= 11 is 6.20. The number of rotatable bonds is 4. The van der Waals surface area contributed by atoms with Gasteiger partial charge in [0.15, 0.2) is 12.1 Å². The number of carbonyl (C=O) groups is 2. The van der Waals surface area contributed by atoms with Crippen LogP contribution in [0.5, 0.6) is 0 Å². The molecule has 0 saturated carbocycles. The minimum atomic E-state index is -1.21. The number of nitrogens with zero attached hydrogens (tertiary/aromatic N) is 2. The van der Waals surface area contributed by atoms with Gasteiger partial charge in [0.05, 0.1) is 18.8 Å². The SMILES string of the molecule is CC(C)C1(C)N=C(c2nc(Cl)c(C3OCCO3)cc2C(=O)O)NC1=O. The van der Waals surface area contributed by atoms with Crippen LogP contribution in [0.4, 0.5) is 0 Å². The van der Waals surface area contributed by atoms with Crippen molar-refractivity contribution in [2.24, 2.45) is 10.9 Å². The molecule has 1 atom stereocenters. The van der Waals surface area contributed by atoms with Crippen LogP contribution in [-0.4, -0.2) is 46.6 Å². The Morgan fingerprint density at radius 2 is 2.08 bits per heavy atom. The highest BCUT2D eigenvalue weighted by Crippen LogP contribution is 2.32. The largest absolute Gasteiger partial charge is 0.478 e. The van der Waals surface area contributed by atoms with E-state index in [2.05, 4.69) is 15.3 Å². The van der Waals surface area contributed by atoms with Gasteiger partial charge in [-0.15, -0.1) is 0 Å². The third-order valence-electron chi connectivity index (χ3n) is 4.49. The van der Waals surface area contributed by atoms with Crippen LogP contribution in [0.25, 0.3) is 0 Å². The van der Waals surface area contributed by atoms with E-state index in [0.29, 0.717) is 18.8 Å². The summed E-state index contributed by atoms with van der Waals surface area (Å²) in [5.41, 5.74) is -0.783. The first kappa shape index (κ1) is 17.8. The summed E-state index contributed by atoms with van der Waals surface area (Å²) in [7, 11) is 0. The zero-order valence-electron chi connectivity index (χ0n) is 14.0. The van der Waals surface area contributed by atoms with Crippen molar-refractivity contribution in [3.05, 3.63) is 28.0 Å². The number of halogens is 1. The van der Waals surface area contributed by atoms with E-state index in [1.807, 2.05) is 13.8 Å². The fourth-order valence-electron chi connectivity index (χ4n) is 2.60. The van der Waals surface area contributed by atoms with Crippen LogP contribution in [0, 0.1) is 5.92 Å². The van der Waals surface area contributed by atoms with Crippen molar-refractivity contribution in [2.75, 3.05) is 13.2 Å². The number of amidine groups is 1. The number of amides is 1. The molecule has 0 spiro atoms. The molecular formula is C16H18ClN3O5. The Morgan fingerprint density at radius 3 is 2.60 bits per heavy atom. The first-order valence-electron chi connectivity index (χ1n) is 7.82. The summed E-state index contributed by atoms with van der Waals surface area (Å²) in [5, 5.41) is 12.2. The fraction of sp³-hybridized carbons (Fsp3) is 0.500. The Kier molecular flexibility index (Phi) is 4.52. The number of hydrogen-bond acceptors (Lipinski definition) is 6. The maximum atomic E-state index is 12.3. The van der Waals surface area contributed by atoms with E-state index in [9.17, 15) is 14.7 Å². The van der Waals surface area contributed by atoms with Gasteiger partial charge in [0.25, 0.3) is 5.91 Å². The molecule has 2 aliphatic rings. The molecule has 0 aliphatic carbocycles. The second kappa shape index (κ2) is 6.36. The van der Waals surface area contributed by atoms with Gasteiger partial charge in [0.2, 0.25) is 0 Å². The van der Waals surface area contributed by atoms with Gasteiger partial charge in [0, 0.05) is 5.56 Å². The number of carboxylic acid groups (broad SMARTS) is 1. The smallest absolute Gasteiger partial charge is 0.338 e. The van der Waals surface area contributed by atoms with Gasteiger partial charge in [-0.3, -0.25) is 4.79 Å². The molecular weight excluding hydrogens is 350 g/mol. The predicted molar refractivity (Wildman–Crippen MR) is 88.8 cm³/mol. The molecule has 25 heavy (non-hydrogen) atoms. The third-order valence-corrected chi connectivity index (χ3v) is 4.80. The molecule has 134 valence electrons. The zero-order chi connectivity index (χ0) is 18.4. The molecule has 1 saturated heterocycles.